The molecule has 20 heavy (non-hydrogen) atoms. The second-order valence-corrected chi connectivity index (χ2v) is 6.83. The number of aryl methyl sites for hydroxylation is 1. The molecule has 0 saturated heterocycles. The van der Waals surface area contributed by atoms with Crippen molar-refractivity contribution in [2.24, 2.45) is 0 Å². The van der Waals surface area contributed by atoms with Crippen LogP contribution in [0.2, 0.25) is 0 Å². The van der Waals surface area contributed by atoms with Crippen molar-refractivity contribution in [3.63, 3.8) is 0 Å². The predicted molar refractivity (Wildman–Crippen MR) is 89.6 cm³/mol. The molecule has 2 aromatic carbocycles. The van der Waals surface area contributed by atoms with Crippen molar-refractivity contribution in [1.29, 1.82) is 0 Å². The van der Waals surface area contributed by atoms with Gasteiger partial charge in [0.05, 0.1) is 6.54 Å². The topological polar surface area (TPSA) is 21.3 Å². The fourth-order valence-corrected chi connectivity index (χ4v) is 3.61. The summed E-state index contributed by atoms with van der Waals surface area (Å²) >= 11 is 7.02. The predicted octanol–water partition coefficient (Wildman–Crippen LogP) is 4.94. The number of ether oxygens (including phenoxy) is 1. The lowest BCUT2D eigenvalue weighted by Gasteiger charge is -2.14. The zero-order valence-electron chi connectivity index (χ0n) is 11.1. The normalized spacial score (nSPS) is 16.6. The Hall–Kier alpha value is -1.000. The molecule has 0 amide bonds. The zero-order valence-corrected chi connectivity index (χ0v) is 14.3. The van der Waals surface area contributed by atoms with Gasteiger partial charge in [0.25, 0.3) is 0 Å². The van der Waals surface area contributed by atoms with Crippen molar-refractivity contribution >= 4 is 37.5 Å². The fourth-order valence-electron chi connectivity index (χ4n) is 2.42. The van der Waals surface area contributed by atoms with Gasteiger partial charge in [0.1, 0.15) is 11.9 Å². The van der Waals surface area contributed by atoms with Crippen molar-refractivity contribution < 1.29 is 4.74 Å². The molecule has 2 aromatic rings. The Balaban J connectivity index is 1.63. The molecule has 1 aliphatic rings. The molecule has 0 saturated carbocycles. The lowest BCUT2D eigenvalue weighted by Crippen LogP contribution is -2.24. The monoisotopic (exact) mass is 395 g/mol. The quantitative estimate of drug-likeness (QED) is 0.793. The molecule has 3 rings (SSSR count). The van der Waals surface area contributed by atoms with Crippen LogP contribution < -0.4 is 10.1 Å². The highest BCUT2D eigenvalue weighted by molar-refractivity contribution is 9.11. The van der Waals surface area contributed by atoms with E-state index in [0.29, 0.717) is 0 Å². The molecule has 0 radical (unpaired) electrons. The highest BCUT2D eigenvalue weighted by Crippen LogP contribution is 2.30. The molecule has 104 valence electrons. The highest BCUT2D eigenvalue weighted by atomic mass is 79.9. The van der Waals surface area contributed by atoms with Crippen LogP contribution in [0.25, 0.3) is 0 Å². The van der Waals surface area contributed by atoms with Gasteiger partial charge in [-0.1, -0.05) is 33.6 Å². The maximum Gasteiger partial charge on any atom is 0.123 e. The molecule has 1 aliphatic heterocycles. The van der Waals surface area contributed by atoms with E-state index < -0.39 is 0 Å². The average molecular weight is 397 g/mol. The molecule has 0 aliphatic carbocycles. The Labute approximate surface area is 135 Å². The van der Waals surface area contributed by atoms with Gasteiger partial charge < -0.3 is 10.1 Å². The van der Waals surface area contributed by atoms with Crippen molar-refractivity contribution in [2.75, 3.05) is 11.9 Å². The number of halogens is 2. The van der Waals surface area contributed by atoms with Gasteiger partial charge in [-0.15, -0.1) is 0 Å². The number of nitrogens with one attached hydrogen (secondary N) is 1. The third-order valence-electron chi connectivity index (χ3n) is 3.41. The Morgan fingerprint density at radius 2 is 2.05 bits per heavy atom. The third-order valence-corrected chi connectivity index (χ3v) is 4.56. The van der Waals surface area contributed by atoms with Gasteiger partial charge in [-0.3, -0.25) is 0 Å². The van der Waals surface area contributed by atoms with Gasteiger partial charge >= 0.3 is 0 Å². The van der Waals surface area contributed by atoms with Crippen molar-refractivity contribution in [1.82, 2.24) is 0 Å². The van der Waals surface area contributed by atoms with Crippen LogP contribution in [-0.2, 0) is 6.42 Å². The van der Waals surface area contributed by atoms with Gasteiger partial charge in [0, 0.05) is 21.1 Å². The minimum Gasteiger partial charge on any atom is -0.488 e. The van der Waals surface area contributed by atoms with Crippen LogP contribution in [0.1, 0.15) is 11.1 Å². The van der Waals surface area contributed by atoms with Crippen LogP contribution >= 0.6 is 31.9 Å². The summed E-state index contributed by atoms with van der Waals surface area (Å²) in [5.74, 6) is 1.03. The SMILES string of the molecule is Cc1ccc2c(c1)CC(CNc1ccc(Br)cc1Br)O2. The largest absolute Gasteiger partial charge is 0.488 e. The minimum absolute atomic E-state index is 0.197. The van der Waals surface area contributed by atoms with Crippen molar-refractivity contribution in [3.8, 4) is 5.75 Å². The lowest BCUT2D eigenvalue weighted by molar-refractivity contribution is 0.246. The summed E-state index contributed by atoms with van der Waals surface area (Å²) in [5.41, 5.74) is 3.69. The zero-order chi connectivity index (χ0) is 14.1. The fraction of sp³-hybridized carbons (Fsp3) is 0.250. The van der Waals surface area contributed by atoms with E-state index in [0.717, 1.165) is 33.3 Å². The molecule has 0 aromatic heterocycles. The smallest absolute Gasteiger partial charge is 0.123 e. The first-order chi connectivity index (χ1) is 9.61. The Morgan fingerprint density at radius 3 is 2.85 bits per heavy atom. The Bertz CT molecular complexity index is 642. The summed E-state index contributed by atoms with van der Waals surface area (Å²) in [6.07, 6.45) is 1.17. The van der Waals surface area contributed by atoms with Gasteiger partial charge in [0.2, 0.25) is 0 Å². The molecule has 1 N–H and O–H groups in total. The molecule has 0 spiro atoms. The molecule has 0 bridgehead atoms. The summed E-state index contributed by atoms with van der Waals surface area (Å²) in [5, 5.41) is 3.44. The van der Waals surface area contributed by atoms with E-state index in [1.807, 2.05) is 12.1 Å². The van der Waals surface area contributed by atoms with Crippen molar-refractivity contribution in [2.45, 2.75) is 19.4 Å². The maximum atomic E-state index is 5.96. The van der Waals surface area contributed by atoms with Crippen LogP contribution in [0.4, 0.5) is 5.69 Å². The molecule has 2 nitrogen and oxygen atoms in total. The number of rotatable bonds is 3. The lowest BCUT2D eigenvalue weighted by atomic mass is 10.1. The number of anilines is 1. The third kappa shape index (κ3) is 3.01. The van der Waals surface area contributed by atoms with Crippen LogP contribution in [0.5, 0.6) is 5.75 Å². The summed E-state index contributed by atoms with van der Waals surface area (Å²) in [6, 6.07) is 12.5. The molecule has 1 heterocycles. The maximum absolute atomic E-state index is 5.96. The molecule has 0 fully saturated rings. The van der Waals surface area contributed by atoms with E-state index in [2.05, 4.69) is 68.4 Å². The van der Waals surface area contributed by atoms with E-state index in [4.69, 9.17) is 4.74 Å². The summed E-state index contributed by atoms with van der Waals surface area (Å²) < 4.78 is 8.08. The van der Waals surface area contributed by atoms with Gasteiger partial charge in [-0.25, -0.2) is 0 Å². The minimum atomic E-state index is 0.197. The van der Waals surface area contributed by atoms with Gasteiger partial charge in [-0.2, -0.15) is 0 Å². The number of hydrogen-bond acceptors (Lipinski definition) is 2. The Morgan fingerprint density at radius 1 is 1.20 bits per heavy atom. The first-order valence-corrected chi connectivity index (χ1v) is 8.15. The van der Waals surface area contributed by atoms with Crippen molar-refractivity contribution in [3.05, 3.63) is 56.5 Å². The summed E-state index contributed by atoms with van der Waals surface area (Å²) in [6.45, 7) is 2.92. The van der Waals surface area contributed by atoms with E-state index in [9.17, 15) is 0 Å². The second-order valence-electron chi connectivity index (χ2n) is 5.06. The number of hydrogen-bond donors (Lipinski definition) is 1. The van der Waals surface area contributed by atoms with Crippen LogP contribution in [0, 0.1) is 6.92 Å². The number of fused-ring (bicyclic) bond motifs is 1. The average Bonchev–Trinajstić information content (AvgIpc) is 2.79. The Kier molecular flexibility index (Phi) is 4.03. The first kappa shape index (κ1) is 14.0. The molecular formula is C16H15Br2NO. The van der Waals surface area contributed by atoms with Gasteiger partial charge in [-0.05, 0) is 52.7 Å². The molecule has 1 atom stereocenters. The standard InChI is InChI=1S/C16H15Br2NO/c1-10-2-5-16-11(6-10)7-13(20-16)9-19-15-4-3-12(17)8-14(15)18/h2-6,8,13,19H,7,9H2,1H3. The summed E-state index contributed by atoms with van der Waals surface area (Å²) in [4.78, 5) is 0. The van der Waals surface area contributed by atoms with E-state index in [1.165, 1.54) is 11.1 Å². The van der Waals surface area contributed by atoms with Crippen LogP contribution in [0.3, 0.4) is 0 Å². The first-order valence-electron chi connectivity index (χ1n) is 6.57. The molecular weight excluding hydrogens is 382 g/mol. The molecule has 1 unspecified atom stereocenters. The van der Waals surface area contributed by atoms with Crippen LogP contribution in [-0.4, -0.2) is 12.6 Å². The second kappa shape index (κ2) is 5.78. The van der Waals surface area contributed by atoms with Crippen LogP contribution in [0.15, 0.2) is 45.3 Å². The van der Waals surface area contributed by atoms with Gasteiger partial charge in [0.15, 0.2) is 0 Å². The van der Waals surface area contributed by atoms with E-state index in [1.54, 1.807) is 0 Å². The number of benzene rings is 2. The van der Waals surface area contributed by atoms with E-state index >= 15 is 0 Å². The summed E-state index contributed by atoms with van der Waals surface area (Å²) in [7, 11) is 0. The molecule has 4 heteroatoms. The van der Waals surface area contributed by atoms with E-state index in [-0.39, 0.29) is 6.10 Å². The highest BCUT2D eigenvalue weighted by Gasteiger charge is 2.22.